The van der Waals surface area contributed by atoms with Gasteiger partial charge in [0.1, 0.15) is 11.5 Å². The van der Waals surface area contributed by atoms with Gasteiger partial charge in [0.25, 0.3) is 0 Å². The summed E-state index contributed by atoms with van der Waals surface area (Å²) in [5.74, 6) is -0.113. The minimum atomic E-state index is -1.09. The fourth-order valence-corrected chi connectivity index (χ4v) is 5.54. The Morgan fingerprint density at radius 2 is 1.62 bits per heavy atom. The van der Waals surface area contributed by atoms with Crippen molar-refractivity contribution in [2.45, 2.75) is 73.0 Å². The van der Waals surface area contributed by atoms with Crippen LogP contribution in [0.15, 0.2) is 60.8 Å². The number of anilines is 1. The highest BCUT2D eigenvalue weighted by Gasteiger charge is 2.35. The van der Waals surface area contributed by atoms with Crippen molar-refractivity contribution in [2.75, 3.05) is 18.0 Å². The maximum atomic E-state index is 12.7. The van der Waals surface area contributed by atoms with E-state index in [-0.39, 0.29) is 5.41 Å². The monoisotopic (exact) mass is 539 g/mol. The number of fused-ring (bicyclic) bond motifs is 1. The number of nitrogens with zero attached hydrogens (tertiary/aromatic N) is 3. The molecule has 0 radical (unpaired) electrons. The molecule has 0 aliphatic carbocycles. The van der Waals surface area contributed by atoms with Gasteiger partial charge in [0.05, 0.1) is 11.3 Å². The number of aliphatic carboxylic acids is 1. The van der Waals surface area contributed by atoms with Gasteiger partial charge in [0.15, 0.2) is 6.10 Å². The topological polar surface area (TPSA) is 67.1 Å². The smallest absolute Gasteiger partial charge is 0.337 e. The summed E-state index contributed by atoms with van der Waals surface area (Å²) in [7, 11) is 0. The molecule has 1 aliphatic heterocycles. The Bertz CT molecular complexity index is 1530. The Balaban J connectivity index is 1.67. The standard InChI is InChI=1S/C34H41N3O3/c1-22-11-13-24(14-12-22)25-9-8-10-26(20-25)27-21-37-28(35-27)19-23(2)29(30(32(38)39)40-33(3,4)5)31(37)36-17-15-34(6,7)16-18-36/h8-14,19-21,30H,15-18H2,1-7H3,(H,38,39). The molecule has 1 aliphatic rings. The predicted molar refractivity (Wildman–Crippen MR) is 162 cm³/mol. The summed E-state index contributed by atoms with van der Waals surface area (Å²) in [6.07, 6.45) is 3.02. The molecule has 1 N–H and O–H groups in total. The van der Waals surface area contributed by atoms with E-state index in [0.717, 1.165) is 65.3 Å². The molecular weight excluding hydrogens is 498 g/mol. The Morgan fingerprint density at radius 3 is 2.25 bits per heavy atom. The van der Waals surface area contributed by atoms with Crippen molar-refractivity contribution in [3.8, 4) is 22.4 Å². The van der Waals surface area contributed by atoms with E-state index < -0.39 is 17.7 Å². The molecule has 5 rings (SSSR count). The zero-order chi connectivity index (χ0) is 28.8. The molecule has 2 aromatic heterocycles. The van der Waals surface area contributed by atoms with E-state index in [0.29, 0.717) is 5.56 Å². The lowest BCUT2D eigenvalue weighted by Crippen LogP contribution is -2.40. The van der Waals surface area contributed by atoms with Crippen molar-refractivity contribution in [1.82, 2.24) is 9.38 Å². The zero-order valence-corrected chi connectivity index (χ0v) is 24.8. The van der Waals surface area contributed by atoms with Crippen LogP contribution in [0.25, 0.3) is 28.0 Å². The molecule has 1 saturated heterocycles. The first kappa shape index (κ1) is 27.9. The number of carbonyl (C=O) groups is 1. The van der Waals surface area contributed by atoms with Gasteiger partial charge in [0.2, 0.25) is 0 Å². The number of ether oxygens (including phenoxy) is 1. The van der Waals surface area contributed by atoms with Gasteiger partial charge in [0, 0.05) is 30.4 Å². The number of rotatable bonds is 6. The molecule has 40 heavy (non-hydrogen) atoms. The SMILES string of the molecule is Cc1ccc(-c2cccc(-c3cn4c(N5CCC(C)(C)CC5)c(C(OC(C)(C)C)C(=O)O)c(C)cc4n3)c2)cc1. The third kappa shape index (κ3) is 5.78. The molecular formula is C34H41N3O3. The van der Waals surface area contributed by atoms with Gasteiger partial charge in [-0.25, -0.2) is 9.78 Å². The van der Waals surface area contributed by atoms with E-state index in [1.54, 1.807) is 0 Å². The number of aromatic nitrogens is 2. The number of benzene rings is 2. The third-order valence-corrected chi connectivity index (χ3v) is 7.89. The molecule has 0 amide bonds. The number of imidazole rings is 1. The first-order valence-corrected chi connectivity index (χ1v) is 14.2. The largest absolute Gasteiger partial charge is 0.479 e. The van der Waals surface area contributed by atoms with Crippen molar-refractivity contribution in [2.24, 2.45) is 5.41 Å². The van der Waals surface area contributed by atoms with Crippen molar-refractivity contribution in [3.63, 3.8) is 0 Å². The van der Waals surface area contributed by atoms with Gasteiger partial charge < -0.3 is 14.7 Å². The number of piperidine rings is 1. The molecule has 2 aromatic carbocycles. The fraction of sp³-hybridized carbons (Fsp3) is 0.412. The second kappa shape index (κ2) is 10.4. The van der Waals surface area contributed by atoms with Crippen LogP contribution in [0.3, 0.4) is 0 Å². The quantitative estimate of drug-likeness (QED) is 0.270. The third-order valence-electron chi connectivity index (χ3n) is 7.89. The number of aryl methyl sites for hydroxylation is 2. The van der Waals surface area contributed by atoms with Gasteiger partial charge in [-0.2, -0.15) is 0 Å². The minimum absolute atomic E-state index is 0.254. The highest BCUT2D eigenvalue weighted by molar-refractivity contribution is 5.80. The lowest BCUT2D eigenvalue weighted by atomic mass is 9.82. The molecule has 6 heteroatoms. The minimum Gasteiger partial charge on any atom is -0.479 e. The van der Waals surface area contributed by atoms with Gasteiger partial charge in [-0.1, -0.05) is 61.9 Å². The zero-order valence-electron chi connectivity index (χ0n) is 24.8. The van der Waals surface area contributed by atoms with Crippen molar-refractivity contribution >= 4 is 17.4 Å². The van der Waals surface area contributed by atoms with Crippen LogP contribution in [0.4, 0.5) is 5.82 Å². The van der Waals surface area contributed by atoms with E-state index in [1.807, 2.05) is 33.8 Å². The van der Waals surface area contributed by atoms with Crippen molar-refractivity contribution < 1.29 is 14.6 Å². The molecule has 3 heterocycles. The average Bonchev–Trinajstić information content (AvgIpc) is 3.30. The fourth-order valence-electron chi connectivity index (χ4n) is 5.54. The average molecular weight is 540 g/mol. The van der Waals surface area contributed by atoms with Gasteiger partial charge in [-0.3, -0.25) is 4.40 Å². The second-order valence-corrected chi connectivity index (χ2v) is 13.0. The highest BCUT2D eigenvalue weighted by Crippen LogP contribution is 2.40. The van der Waals surface area contributed by atoms with E-state index in [1.165, 1.54) is 5.56 Å². The summed E-state index contributed by atoms with van der Waals surface area (Å²) in [5.41, 5.74) is 7.41. The molecule has 4 aromatic rings. The molecule has 1 fully saturated rings. The van der Waals surface area contributed by atoms with Crippen LogP contribution in [0.5, 0.6) is 0 Å². The number of carboxylic acid groups (broad SMARTS) is 1. The summed E-state index contributed by atoms with van der Waals surface area (Å²) in [6.45, 7) is 16.1. The molecule has 0 spiro atoms. The number of hydrogen-bond acceptors (Lipinski definition) is 4. The van der Waals surface area contributed by atoms with Crippen LogP contribution in [0.2, 0.25) is 0 Å². The predicted octanol–water partition coefficient (Wildman–Crippen LogP) is 7.85. The van der Waals surface area contributed by atoms with Crippen molar-refractivity contribution in [1.29, 1.82) is 0 Å². The Morgan fingerprint density at radius 1 is 0.975 bits per heavy atom. The summed E-state index contributed by atoms with van der Waals surface area (Å²) in [5, 5.41) is 10.4. The maximum Gasteiger partial charge on any atom is 0.337 e. The number of pyridine rings is 1. The lowest BCUT2D eigenvalue weighted by molar-refractivity contribution is -0.160. The summed E-state index contributed by atoms with van der Waals surface area (Å²) < 4.78 is 8.27. The Kier molecular flexibility index (Phi) is 7.26. The normalized spacial score (nSPS) is 16.3. The van der Waals surface area contributed by atoms with E-state index in [4.69, 9.17) is 9.72 Å². The van der Waals surface area contributed by atoms with Crippen LogP contribution in [0.1, 0.15) is 70.3 Å². The molecule has 1 atom stereocenters. The lowest BCUT2D eigenvalue weighted by Gasteiger charge is -2.40. The molecule has 6 nitrogen and oxygen atoms in total. The van der Waals surface area contributed by atoms with E-state index in [2.05, 4.69) is 84.8 Å². The highest BCUT2D eigenvalue weighted by atomic mass is 16.5. The molecule has 210 valence electrons. The molecule has 1 unspecified atom stereocenters. The molecule has 0 saturated carbocycles. The van der Waals surface area contributed by atoms with Crippen LogP contribution >= 0.6 is 0 Å². The van der Waals surface area contributed by atoms with Gasteiger partial charge in [-0.05, 0) is 81.7 Å². The second-order valence-electron chi connectivity index (χ2n) is 13.0. The molecule has 0 bridgehead atoms. The van der Waals surface area contributed by atoms with E-state index >= 15 is 0 Å². The number of hydrogen-bond donors (Lipinski definition) is 1. The Labute approximate surface area is 237 Å². The Hall–Kier alpha value is -3.64. The first-order chi connectivity index (χ1) is 18.8. The first-order valence-electron chi connectivity index (χ1n) is 14.2. The van der Waals surface area contributed by atoms with Gasteiger partial charge >= 0.3 is 5.97 Å². The van der Waals surface area contributed by atoms with Crippen LogP contribution in [-0.2, 0) is 9.53 Å². The maximum absolute atomic E-state index is 12.7. The van der Waals surface area contributed by atoms with E-state index in [9.17, 15) is 9.90 Å². The number of carboxylic acids is 1. The summed E-state index contributed by atoms with van der Waals surface area (Å²) >= 11 is 0. The van der Waals surface area contributed by atoms with Crippen molar-refractivity contribution in [3.05, 3.63) is 77.5 Å². The summed E-state index contributed by atoms with van der Waals surface area (Å²) in [4.78, 5) is 20.0. The van der Waals surface area contributed by atoms with Gasteiger partial charge in [-0.15, -0.1) is 0 Å². The van der Waals surface area contributed by atoms with Crippen LogP contribution < -0.4 is 4.90 Å². The summed E-state index contributed by atoms with van der Waals surface area (Å²) in [6, 6.07) is 19.0. The van der Waals surface area contributed by atoms with Crippen LogP contribution in [0, 0.1) is 19.3 Å². The van der Waals surface area contributed by atoms with Crippen LogP contribution in [-0.4, -0.2) is 39.2 Å².